The summed E-state index contributed by atoms with van der Waals surface area (Å²) < 4.78 is 30.2. The third-order valence-corrected chi connectivity index (χ3v) is 4.67. The predicted molar refractivity (Wildman–Crippen MR) is 90.8 cm³/mol. The highest BCUT2D eigenvalue weighted by Gasteiger charge is 2.56. The van der Waals surface area contributed by atoms with Crippen LogP contribution in [-0.4, -0.2) is 31.1 Å². The van der Waals surface area contributed by atoms with Crippen LogP contribution in [0.3, 0.4) is 0 Å². The van der Waals surface area contributed by atoms with E-state index in [1.807, 2.05) is 0 Å². The van der Waals surface area contributed by atoms with Crippen LogP contribution in [-0.2, 0) is 21.8 Å². The minimum Gasteiger partial charge on any atom is -0.493 e. The third-order valence-electron chi connectivity index (χ3n) is 4.67. The van der Waals surface area contributed by atoms with Gasteiger partial charge in [-0.3, -0.25) is 4.84 Å². The van der Waals surface area contributed by atoms with Gasteiger partial charge in [-0.15, -0.1) is 0 Å². The number of rotatable bonds is 3. The molecule has 2 atom stereocenters. The maximum absolute atomic E-state index is 13.4. The topological polar surface area (TPSA) is 92.4 Å². The van der Waals surface area contributed by atoms with Gasteiger partial charge in [-0.1, -0.05) is 0 Å². The Bertz CT molecular complexity index is 946. The van der Waals surface area contributed by atoms with Crippen LogP contribution in [0.5, 0.6) is 11.5 Å². The van der Waals surface area contributed by atoms with E-state index < -0.39 is 28.5 Å². The molecule has 9 heteroatoms. The zero-order valence-electron chi connectivity index (χ0n) is 14.5. The van der Waals surface area contributed by atoms with Crippen LogP contribution in [0, 0.1) is 15.9 Å². The number of oxime groups is 1. The molecular formula is C18H15FN2O6. The molecule has 0 spiro atoms. The van der Waals surface area contributed by atoms with Gasteiger partial charge in [0.2, 0.25) is 0 Å². The van der Waals surface area contributed by atoms with Crippen LogP contribution in [0.1, 0.15) is 16.7 Å². The highest BCUT2D eigenvalue weighted by atomic mass is 19.1. The highest BCUT2D eigenvalue weighted by Crippen LogP contribution is 2.49. The summed E-state index contributed by atoms with van der Waals surface area (Å²) in [7, 11) is 2.98. The Morgan fingerprint density at radius 1 is 1.22 bits per heavy atom. The summed E-state index contributed by atoms with van der Waals surface area (Å²) in [5.74, 6) is -1.51. The van der Waals surface area contributed by atoms with E-state index in [0.717, 1.165) is 0 Å². The first-order chi connectivity index (χ1) is 13.0. The molecule has 0 N–H and O–H groups in total. The summed E-state index contributed by atoms with van der Waals surface area (Å²) in [6.45, 7) is 0. The Kier molecular flexibility index (Phi) is 3.96. The van der Waals surface area contributed by atoms with Crippen molar-refractivity contribution < 1.29 is 28.4 Å². The molecule has 8 nitrogen and oxygen atoms in total. The highest BCUT2D eigenvalue weighted by molar-refractivity contribution is 5.80. The molecule has 0 fully saturated rings. The molecule has 27 heavy (non-hydrogen) atoms. The van der Waals surface area contributed by atoms with Gasteiger partial charge in [0.1, 0.15) is 5.82 Å². The minimum atomic E-state index is -1.55. The number of amidine groups is 1. The number of methoxy groups -OCH3 is 2. The van der Waals surface area contributed by atoms with Crippen molar-refractivity contribution >= 4 is 5.84 Å². The van der Waals surface area contributed by atoms with Gasteiger partial charge >= 0.3 is 11.6 Å². The van der Waals surface area contributed by atoms with Crippen molar-refractivity contribution in [3.63, 3.8) is 0 Å². The number of hydrogen-bond acceptors (Lipinski definition) is 7. The van der Waals surface area contributed by atoms with Crippen molar-refractivity contribution in [3.05, 3.63) is 69.0 Å². The summed E-state index contributed by atoms with van der Waals surface area (Å²) in [6, 6.07) is 8.91. The lowest BCUT2D eigenvalue weighted by molar-refractivity contribution is -0.383. The SMILES string of the molecule is COc1ccc2c(c1OC)C[C@@H]1O[C@@]2(c2ccc(F)cc2)ON=C1[N+](=O)[O-]. The number of benzene rings is 2. The van der Waals surface area contributed by atoms with Gasteiger partial charge in [0.25, 0.3) is 0 Å². The number of nitro groups is 1. The molecule has 2 aromatic rings. The number of hydrogen-bond donors (Lipinski definition) is 0. The molecule has 0 aromatic heterocycles. The van der Waals surface area contributed by atoms with Crippen LogP contribution in [0.15, 0.2) is 41.6 Å². The molecule has 2 aromatic carbocycles. The Morgan fingerprint density at radius 2 is 1.96 bits per heavy atom. The first kappa shape index (κ1) is 17.2. The minimum absolute atomic E-state index is 0.155. The normalized spacial score (nSPS) is 22.9. The molecule has 0 saturated heterocycles. The Hall–Kier alpha value is -3.20. The van der Waals surface area contributed by atoms with E-state index in [2.05, 4.69) is 5.16 Å². The second kappa shape index (κ2) is 6.20. The van der Waals surface area contributed by atoms with Gasteiger partial charge in [-0.25, -0.2) is 4.39 Å². The molecule has 0 unspecified atom stereocenters. The quantitative estimate of drug-likeness (QED) is 0.606. The largest absolute Gasteiger partial charge is 0.493 e. The van der Waals surface area contributed by atoms with E-state index in [-0.39, 0.29) is 6.42 Å². The number of ether oxygens (including phenoxy) is 3. The number of fused-ring (bicyclic) bond motifs is 4. The smallest absolute Gasteiger partial charge is 0.414 e. The van der Waals surface area contributed by atoms with Gasteiger partial charge in [0.05, 0.1) is 14.2 Å². The summed E-state index contributed by atoms with van der Waals surface area (Å²) in [5.41, 5.74) is 1.66. The van der Waals surface area contributed by atoms with E-state index in [1.165, 1.54) is 38.5 Å². The monoisotopic (exact) mass is 374 g/mol. The lowest BCUT2D eigenvalue weighted by Gasteiger charge is -2.40. The van der Waals surface area contributed by atoms with Crippen molar-refractivity contribution in [2.24, 2.45) is 5.16 Å². The third kappa shape index (κ3) is 2.50. The van der Waals surface area contributed by atoms with Crippen LogP contribution in [0.25, 0.3) is 0 Å². The lowest BCUT2D eigenvalue weighted by atomic mass is 9.86. The maximum atomic E-state index is 13.4. The standard InChI is InChI=1S/C18H15FN2O6/c1-24-14-8-7-13-12(16(14)25-2)9-15-17(21(22)23)20-27-18(13,26-15)10-3-5-11(19)6-4-10/h3-8,15H,9H2,1-2H3/t15-,18-/m0/s1. The second-order valence-electron chi connectivity index (χ2n) is 6.06. The number of nitrogens with zero attached hydrogens (tertiary/aromatic N) is 2. The van der Waals surface area contributed by atoms with Crippen LogP contribution >= 0.6 is 0 Å². The summed E-state index contributed by atoms with van der Waals surface area (Å²) in [4.78, 5) is 16.2. The van der Waals surface area contributed by atoms with Gasteiger partial charge in [-0.2, -0.15) is 0 Å². The average Bonchev–Trinajstić information content (AvgIpc) is 2.67. The molecular weight excluding hydrogens is 359 g/mol. The van der Waals surface area contributed by atoms with Crippen LogP contribution < -0.4 is 9.47 Å². The molecule has 2 aliphatic rings. The summed E-state index contributed by atoms with van der Waals surface area (Å²) in [5, 5.41) is 15.0. The average molecular weight is 374 g/mol. The Labute approximate surface area is 153 Å². The van der Waals surface area contributed by atoms with Gasteiger partial charge in [0.15, 0.2) is 22.8 Å². The molecule has 140 valence electrons. The fourth-order valence-corrected chi connectivity index (χ4v) is 3.47. The fraction of sp³-hybridized carbons (Fsp3) is 0.278. The Morgan fingerprint density at radius 3 is 2.59 bits per heavy atom. The van der Waals surface area contributed by atoms with Crippen molar-refractivity contribution in [2.45, 2.75) is 18.3 Å². The van der Waals surface area contributed by atoms with Crippen molar-refractivity contribution in [3.8, 4) is 11.5 Å². The second-order valence-corrected chi connectivity index (χ2v) is 6.06. The molecule has 2 heterocycles. The van der Waals surface area contributed by atoms with Gasteiger partial charge in [-0.05, 0) is 41.3 Å². The summed E-state index contributed by atoms with van der Waals surface area (Å²) >= 11 is 0. The van der Waals surface area contributed by atoms with Crippen LogP contribution in [0.4, 0.5) is 4.39 Å². The first-order valence-electron chi connectivity index (χ1n) is 8.09. The molecule has 0 amide bonds. The summed E-state index contributed by atoms with van der Waals surface area (Å²) in [6.07, 6.45) is -0.811. The van der Waals surface area contributed by atoms with E-state index >= 15 is 0 Å². The van der Waals surface area contributed by atoms with Gasteiger partial charge in [0, 0.05) is 23.1 Å². The Balaban J connectivity index is 1.97. The molecule has 0 aliphatic carbocycles. The zero-order chi connectivity index (χ0) is 19.2. The van der Waals surface area contributed by atoms with E-state index in [0.29, 0.717) is 28.2 Å². The van der Waals surface area contributed by atoms with Crippen molar-refractivity contribution in [2.75, 3.05) is 14.2 Å². The fourth-order valence-electron chi connectivity index (χ4n) is 3.47. The molecule has 0 saturated carbocycles. The van der Waals surface area contributed by atoms with Crippen molar-refractivity contribution in [1.82, 2.24) is 0 Å². The molecule has 2 aliphatic heterocycles. The molecule has 2 bridgehead atoms. The first-order valence-corrected chi connectivity index (χ1v) is 8.09. The van der Waals surface area contributed by atoms with E-state index in [9.17, 15) is 14.5 Å². The predicted octanol–water partition coefficient (Wildman–Crippen LogP) is 2.61. The molecule has 4 rings (SSSR count). The van der Waals surface area contributed by atoms with Crippen LogP contribution in [0.2, 0.25) is 0 Å². The zero-order valence-corrected chi connectivity index (χ0v) is 14.5. The molecule has 0 radical (unpaired) electrons. The van der Waals surface area contributed by atoms with E-state index in [1.54, 1.807) is 12.1 Å². The van der Waals surface area contributed by atoms with E-state index in [4.69, 9.17) is 19.0 Å². The maximum Gasteiger partial charge on any atom is 0.414 e. The lowest BCUT2D eigenvalue weighted by Crippen LogP contribution is -2.51. The van der Waals surface area contributed by atoms with Crippen molar-refractivity contribution in [1.29, 1.82) is 0 Å². The van der Waals surface area contributed by atoms with Gasteiger partial charge < -0.3 is 24.3 Å². The number of halogens is 1.